The van der Waals surface area contributed by atoms with Crippen LogP contribution in [0.1, 0.15) is 5.56 Å². The monoisotopic (exact) mass is 403 g/mol. The van der Waals surface area contributed by atoms with Gasteiger partial charge in [0.25, 0.3) is 0 Å². The first-order valence-corrected chi connectivity index (χ1v) is 8.21. The number of benzene rings is 2. The van der Waals surface area contributed by atoms with Gasteiger partial charge in [-0.25, -0.2) is 14.4 Å². The van der Waals surface area contributed by atoms with Crippen LogP contribution in [0.25, 0.3) is 10.9 Å². The first-order valence-electron chi connectivity index (χ1n) is 7.41. The van der Waals surface area contributed by atoms with Gasteiger partial charge in [-0.2, -0.15) is 0 Å². The van der Waals surface area contributed by atoms with Crippen molar-refractivity contribution < 1.29 is 14.2 Å². The number of halogens is 2. The molecular formula is C18H15BrFN3O2. The van der Waals surface area contributed by atoms with E-state index in [1.165, 1.54) is 19.5 Å². The fourth-order valence-electron chi connectivity index (χ4n) is 2.58. The number of hydrogen-bond acceptors (Lipinski definition) is 5. The molecule has 5 nitrogen and oxygen atoms in total. The molecule has 0 aliphatic carbocycles. The molecule has 1 heterocycles. The number of aromatic hydroxyl groups is 1. The summed E-state index contributed by atoms with van der Waals surface area (Å²) < 4.78 is 20.0. The molecule has 2 aromatic carbocycles. The zero-order chi connectivity index (χ0) is 18.0. The number of phenols is 1. The largest absolute Gasteiger partial charge is 0.504 e. The van der Waals surface area contributed by atoms with Gasteiger partial charge < -0.3 is 15.2 Å². The number of ether oxygens (including phenoxy) is 1. The van der Waals surface area contributed by atoms with Crippen molar-refractivity contribution in [1.82, 2.24) is 9.97 Å². The number of aromatic nitrogens is 2. The number of rotatable bonds is 5. The average Bonchev–Trinajstić information content (AvgIpc) is 2.59. The minimum absolute atomic E-state index is 0.0102. The van der Waals surface area contributed by atoms with Crippen molar-refractivity contribution in [2.75, 3.05) is 12.4 Å². The Balaban J connectivity index is 2.21. The molecular weight excluding hydrogens is 389 g/mol. The molecule has 3 rings (SSSR count). The normalized spacial score (nSPS) is 10.7. The highest BCUT2D eigenvalue weighted by Crippen LogP contribution is 2.39. The second-order valence-corrected chi connectivity index (χ2v) is 6.18. The highest BCUT2D eigenvalue weighted by molar-refractivity contribution is 9.10. The van der Waals surface area contributed by atoms with Gasteiger partial charge in [-0.05, 0) is 24.6 Å². The Morgan fingerprint density at radius 2 is 2.16 bits per heavy atom. The Hall–Kier alpha value is -2.67. The van der Waals surface area contributed by atoms with Crippen LogP contribution in [-0.2, 0) is 6.42 Å². The third-order valence-corrected chi connectivity index (χ3v) is 4.21. The Kier molecular flexibility index (Phi) is 4.85. The zero-order valence-corrected chi connectivity index (χ0v) is 15.0. The third-order valence-electron chi connectivity index (χ3n) is 3.72. The van der Waals surface area contributed by atoms with Crippen LogP contribution in [0.2, 0.25) is 0 Å². The number of phenolic OH excluding ortho intramolecular Hbond substituents is 1. The van der Waals surface area contributed by atoms with Gasteiger partial charge in [-0.3, -0.25) is 0 Å². The van der Waals surface area contributed by atoms with Crippen molar-refractivity contribution in [2.45, 2.75) is 6.42 Å². The van der Waals surface area contributed by atoms with E-state index in [9.17, 15) is 9.50 Å². The number of hydrogen-bond donors (Lipinski definition) is 2. The molecule has 0 amide bonds. The molecule has 0 saturated carbocycles. The summed E-state index contributed by atoms with van der Waals surface area (Å²) in [7, 11) is 1.47. The van der Waals surface area contributed by atoms with Crippen LogP contribution in [-0.4, -0.2) is 22.2 Å². The average molecular weight is 404 g/mol. The molecule has 0 atom stereocenters. The molecule has 3 aromatic rings. The van der Waals surface area contributed by atoms with Crippen molar-refractivity contribution in [2.24, 2.45) is 0 Å². The minimum Gasteiger partial charge on any atom is -0.504 e. The molecule has 1 aromatic heterocycles. The van der Waals surface area contributed by atoms with Crippen LogP contribution in [0.4, 0.5) is 15.9 Å². The van der Waals surface area contributed by atoms with Gasteiger partial charge in [0.15, 0.2) is 11.5 Å². The molecule has 0 fully saturated rings. The summed E-state index contributed by atoms with van der Waals surface area (Å²) in [5.41, 5.74) is 1.40. The summed E-state index contributed by atoms with van der Waals surface area (Å²) in [6.07, 6.45) is 3.41. The van der Waals surface area contributed by atoms with E-state index >= 15 is 0 Å². The SMILES string of the molecule is C=CCc1c(O)c(OC)cc2ncnc(Nc3ccc(Br)cc3F)c12. The van der Waals surface area contributed by atoms with E-state index in [2.05, 4.69) is 37.8 Å². The maximum atomic E-state index is 14.2. The topological polar surface area (TPSA) is 67.3 Å². The van der Waals surface area contributed by atoms with E-state index < -0.39 is 5.82 Å². The van der Waals surface area contributed by atoms with Gasteiger partial charge in [-0.15, -0.1) is 6.58 Å². The zero-order valence-electron chi connectivity index (χ0n) is 13.4. The van der Waals surface area contributed by atoms with Gasteiger partial charge >= 0.3 is 0 Å². The lowest BCUT2D eigenvalue weighted by Crippen LogP contribution is -2.01. The van der Waals surface area contributed by atoms with E-state index in [0.29, 0.717) is 38.9 Å². The van der Waals surface area contributed by atoms with Gasteiger partial charge in [0, 0.05) is 16.1 Å². The number of methoxy groups -OCH3 is 1. The molecule has 0 aliphatic heterocycles. The fraction of sp³-hybridized carbons (Fsp3) is 0.111. The lowest BCUT2D eigenvalue weighted by Gasteiger charge is -2.15. The first-order chi connectivity index (χ1) is 12.0. The maximum absolute atomic E-state index is 14.2. The predicted molar refractivity (Wildman–Crippen MR) is 99.0 cm³/mol. The van der Waals surface area contributed by atoms with Gasteiger partial charge in [0.05, 0.1) is 23.7 Å². The fourth-order valence-corrected chi connectivity index (χ4v) is 2.91. The van der Waals surface area contributed by atoms with E-state index in [-0.39, 0.29) is 11.4 Å². The first kappa shape index (κ1) is 17.2. The Bertz CT molecular complexity index is 963. The van der Waals surface area contributed by atoms with Gasteiger partial charge in [0.2, 0.25) is 0 Å². The standard InChI is InChI=1S/C18H15BrFN3O2/c1-3-4-11-16-14(8-15(25-2)17(11)24)21-9-22-18(16)23-13-6-5-10(19)7-12(13)20/h3,5-9,24H,1,4H2,2H3,(H,21,22,23). The maximum Gasteiger partial charge on any atom is 0.162 e. The molecule has 0 radical (unpaired) electrons. The van der Waals surface area contributed by atoms with E-state index in [1.54, 1.807) is 24.3 Å². The molecule has 0 bridgehead atoms. The molecule has 128 valence electrons. The summed E-state index contributed by atoms with van der Waals surface area (Å²) >= 11 is 3.23. The van der Waals surface area contributed by atoms with E-state index in [0.717, 1.165) is 0 Å². The van der Waals surface area contributed by atoms with Crippen LogP contribution in [0.5, 0.6) is 11.5 Å². The van der Waals surface area contributed by atoms with Crippen molar-refractivity contribution in [1.29, 1.82) is 0 Å². The lowest BCUT2D eigenvalue weighted by atomic mass is 10.0. The number of fused-ring (bicyclic) bond motifs is 1. The van der Waals surface area contributed by atoms with Crippen LogP contribution in [0.15, 0.2) is 47.7 Å². The van der Waals surface area contributed by atoms with Crippen LogP contribution in [0.3, 0.4) is 0 Å². The van der Waals surface area contributed by atoms with Crippen LogP contribution < -0.4 is 10.1 Å². The Morgan fingerprint density at radius 3 is 2.84 bits per heavy atom. The molecule has 25 heavy (non-hydrogen) atoms. The number of nitrogens with zero attached hydrogens (tertiary/aromatic N) is 2. The molecule has 7 heteroatoms. The minimum atomic E-state index is -0.427. The third kappa shape index (κ3) is 3.28. The molecule has 2 N–H and O–H groups in total. The smallest absolute Gasteiger partial charge is 0.162 e. The van der Waals surface area contributed by atoms with Crippen molar-refractivity contribution in [3.63, 3.8) is 0 Å². The second kappa shape index (κ2) is 7.06. The summed E-state index contributed by atoms with van der Waals surface area (Å²) in [6.45, 7) is 3.72. The molecule has 0 spiro atoms. The van der Waals surface area contributed by atoms with Crippen molar-refractivity contribution >= 4 is 38.3 Å². The van der Waals surface area contributed by atoms with Gasteiger partial charge in [-0.1, -0.05) is 22.0 Å². The van der Waals surface area contributed by atoms with Crippen LogP contribution in [0, 0.1) is 5.82 Å². The second-order valence-electron chi connectivity index (χ2n) is 5.26. The molecule has 0 saturated heterocycles. The number of nitrogens with one attached hydrogen (secondary N) is 1. The number of anilines is 2. The van der Waals surface area contributed by atoms with Gasteiger partial charge in [0.1, 0.15) is 18.0 Å². The number of allylic oxidation sites excluding steroid dienone is 1. The van der Waals surface area contributed by atoms with E-state index in [4.69, 9.17) is 4.74 Å². The molecule has 0 aliphatic rings. The quantitative estimate of drug-likeness (QED) is 0.603. The predicted octanol–water partition coefficient (Wildman–Crippen LogP) is 4.72. The molecule has 0 unspecified atom stereocenters. The van der Waals surface area contributed by atoms with Crippen LogP contribution >= 0.6 is 15.9 Å². The summed E-state index contributed by atoms with van der Waals surface area (Å²) in [5, 5.41) is 14.0. The summed E-state index contributed by atoms with van der Waals surface area (Å²) in [5.74, 6) is 0.262. The summed E-state index contributed by atoms with van der Waals surface area (Å²) in [4.78, 5) is 8.45. The van der Waals surface area contributed by atoms with Crippen molar-refractivity contribution in [3.05, 3.63) is 59.1 Å². The lowest BCUT2D eigenvalue weighted by molar-refractivity contribution is 0.372. The highest BCUT2D eigenvalue weighted by Gasteiger charge is 2.17. The van der Waals surface area contributed by atoms with Crippen molar-refractivity contribution in [3.8, 4) is 11.5 Å². The Labute approximate surface area is 152 Å². The Morgan fingerprint density at radius 1 is 1.36 bits per heavy atom. The summed E-state index contributed by atoms with van der Waals surface area (Å²) in [6, 6.07) is 6.29. The highest BCUT2D eigenvalue weighted by atomic mass is 79.9. The van der Waals surface area contributed by atoms with E-state index in [1.807, 2.05) is 0 Å².